The van der Waals surface area contributed by atoms with Gasteiger partial charge in [0, 0.05) is 25.2 Å². The van der Waals surface area contributed by atoms with Crippen LogP contribution in [0.2, 0.25) is 0 Å². The average molecular weight is 422 g/mol. The minimum Gasteiger partial charge on any atom is -0.496 e. The molecule has 0 radical (unpaired) electrons. The highest BCUT2D eigenvalue weighted by molar-refractivity contribution is 6.21. The topological polar surface area (TPSA) is 78.9 Å². The second-order valence-electron chi connectivity index (χ2n) is 8.07. The minimum atomic E-state index is -1.10. The predicted octanol–water partition coefficient (Wildman–Crippen LogP) is 4.04. The van der Waals surface area contributed by atoms with Crippen LogP contribution in [-0.4, -0.2) is 31.3 Å². The Labute approximate surface area is 181 Å². The number of ether oxygens (including phenoxy) is 3. The molecule has 162 valence electrons. The van der Waals surface area contributed by atoms with Crippen molar-refractivity contribution in [1.29, 1.82) is 0 Å². The van der Waals surface area contributed by atoms with E-state index in [1.807, 2.05) is 42.5 Å². The number of fused-ring (bicyclic) bond motifs is 1. The number of unbranched alkanes of at least 4 members (excludes halogenated alkanes) is 1. The lowest BCUT2D eigenvalue weighted by Crippen LogP contribution is -2.38. The molecule has 2 aromatic rings. The fourth-order valence-electron chi connectivity index (χ4n) is 4.43. The highest BCUT2D eigenvalue weighted by Crippen LogP contribution is 2.37. The Morgan fingerprint density at radius 2 is 1.74 bits per heavy atom. The molecular formula is C25H26O6. The van der Waals surface area contributed by atoms with Gasteiger partial charge in [0.1, 0.15) is 11.7 Å². The molecule has 1 fully saturated rings. The zero-order chi connectivity index (χ0) is 21.8. The van der Waals surface area contributed by atoms with Gasteiger partial charge in [-0.05, 0) is 48.6 Å². The van der Waals surface area contributed by atoms with Crippen molar-refractivity contribution in [1.82, 2.24) is 0 Å². The van der Waals surface area contributed by atoms with Crippen molar-refractivity contribution < 1.29 is 28.6 Å². The molecule has 4 rings (SSSR count). The van der Waals surface area contributed by atoms with E-state index >= 15 is 0 Å². The third-order valence-electron chi connectivity index (χ3n) is 6.02. The lowest BCUT2D eigenvalue weighted by atomic mass is 9.74. The maximum atomic E-state index is 12.7. The average Bonchev–Trinajstić information content (AvgIpc) is 3.24. The van der Waals surface area contributed by atoms with Crippen LogP contribution in [-0.2, 0) is 20.8 Å². The molecule has 31 heavy (non-hydrogen) atoms. The lowest BCUT2D eigenvalue weighted by Gasteiger charge is -2.27. The van der Waals surface area contributed by atoms with Crippen LogP contribution in [0.4, 0.5) is 0 Å². The largest absolute Gasteiger partial charge is 0.496 e. The van der Waals surface area contributed by atoms with E-state index in [2.05, 4.69) is 0 Å². The zero-order valence-electron chi connectivity index (χ0n) is 17.6. The molecule has 0 amide bonds. The summed E-state index contributed by atoms with van der Waals surface area (Å²) in [6.07, 6.45) is 2.86. The number of para-hydroxylation sites is 1. The third kappa shape index (κ3) is 4.63. The molecule has 6 heteroatoms. The van der Waals surface area contributed by atoms with E-state index in [0.29, 0.717) is 12.2 Å². The van der Waals surface area contributed by atoms with Crippen LogP contribution >= 0.6 is 0 Å². The molecule has 1 saturated carbocycles. The summed E-state index contributed by atoms with van der Waals surface area (Å²) in [6.45, 7) is 0.245. The van der Waals surface area contributed by atoms with Gasteiger partial charge >= 0.3 is 0 Å². The van der Waals surface area contributed by atoms with E-state index in [1.165, 1.54) is 0 Å². The van der Waals surface area contributed by atoms with Crippen LogP contribution in [0.1, 0.15) is 49.1 Å². The Bertz CT molecular complexity index is 977. The van der Waals surface area contributed by atoms with Gasteiger partial charge in [-0.25, -0.2) is 0 Å². The highest BCUT2D eigenvalue weighted by Gasteiger charge is 2.40. The van der Waals surface area contributed by atoms with Crippen molar-refractivity contribution in [3.8, 4) is 17.2 Å². The molecule has 1 aliphatic heterocycles. The van der Waals surface area contributed by atoms with Gasteiger partial charge in [-0.1, -0.05) is 24.3 Å². The minimum absolute atomic E-state index is 0.194. The number of methoxy groups -OCH3 is 1. The number of ketones is 3. The highest BCUT2D eigenvalue weighted by atomic mass is 16.7. The summed E-state index contributed by atoms with van der Waals surface area (Å²) in [6, 6.07) is 13.2. The SMILES string of the molecule is COc1ccccc1C1CC(=O)C(C(=O)CCCCc2ccc3c(c2)OCO3)C(=O)C1. The van der Waals surface area contributed by atoms with E-state index in [1.54, 1.807) is 7.11 Å². The van der Waals surface area contributed by atoms with Crippen LogP contribution < -0.4 is 14.2 Å². The number of carbonyl (C=O) groups excluding carboxylic acids is 3. The van der Waals surface area contributed by atoms with E-state index in [0.717, 1.165) is 35.5 Å². The van der Waals surface area contributed by atoms with Crippen LogP contribution in [0.25, 0.3) is 0 Å². The predicted molar refractivity (Wildman–Crippen MR) is 114 cm³/mol. The molecule has 0 aromatic heterocycles. The first-order valence-electron chi connectivity index (χ1n) is 10.7. The molecule has 1 heterocycles. The van der Waals surface area contributed by atoms with Gasteiger partial charge in [0.25, 0.3) is 0 Å². The standard InChI is InChI=1S/C25H26O6/c1-29-22-9-5-3-7-18(22)17-13-20(27)25(21(28)14-17)19(26)8-4-2-6-16-10-11-23-24(12-16)31-15-30-23/h3,5,7,9-12,17,25H,2,4,6,8,13-15H2,1H3. The second-order valence-corrected chi connectivity index (χ2v) is 8.07. The Balaban J connectivity index is 1.29. The van der Waals surface area contributed by atoms with E-state index in [-0.39, 0.29) is 49.3 Å². The molecule has 0 atom stereocenters. The first-order valence-corrected chi connectivity index (χ1v) is 10.7. The number of hydrogen-bond donors (Lipinski definition) is 0. The number of benzene rings is 2. The Hall–Kier alpha value is -3.15. The van der Waals surface area contributed by atoms with Crippen molar-refractivity contribution >= 4 is 17.3 Å². The molecule has 0 N–H and O–H groups in total. The smallest absolute Gasteiger partial charge is 0.231 e. The number of Topliss-reactive ketones (excluding diaryl/α,β-unsaturated/α-hetero) is 3. The molecular weight excluding hydrogens is 396 g/mol. The maximum absolute atomic E-state index is 12.7. The van der Waals surface area contributed by atoms with Crippen LogP contribution in [0.3, 0.4) is 0 Å². The van der Waals surface area contributed by atoms with Gasteiger partial charge in [0.05, 0.1) is 7.11 Å². The van der Waals surface area contributed by atoms with E-state index in [9.17, 15) is 14.4 Å². The van der Waals surface area contributed by atoms with Crippen LogP contribution in [0.5, 0.6) is 17.2 Å². The van der Waals surface area contributed by atoms with E-state index in [4.69, 9.17) is 14.2 Å². The van der Waals surface area contributed by atoms with Gasteiger partial charge in [-0.2, -0.15) is 0 Å². The summed E-state index contributed by atoms with van der Waals surface area (Å²) in [7, 11) is 1.57. The summed E-state index contributed by atoms with van der Waals surface area (Å²) in [4.78, 5) is 38.0. The normalized spacial score (nSPS) is 20.0. The van der Waals surface area contributed by atoms with Gasteiger partial charge in [0.15, 0.2) is 28.8 Å². The lowest BCUT2D eigenvalue weighted by molar-refractivity contribution is -0.142. The fourth-order valence-corrected chi connectivity index (χ4v) is 4.43. The quantitative estimate of drug-likeness (QED) is 0.472. The van der Waals surface area contributed by atoms with Crippen molar-refractivity contribution in [3.05, 3.63) is 53.6 Å². The third-order valence-corrected chi connectivity index (χ3v) is 6.02. The Morgan fingerprint density at radius 3 is 2.52 bits per heavy atom. The molecule has 0 bridgehead atoms. The molecule has 6 nitrogen and oxygen atoms in total. The van der Waals surface area contributed by atoms with Gasteiger partial charge in [-0.15, -0.1) is 0 Å². The van der Waals surface area contributed by atoms with Gasteiger partial charge < -0.3 is 14.2 Å². The molecule has 0 spiro atoms. The van der Waals surface area contributed by atoms with E-state index < -0.39 is 5.92 Å². The zero-order valence-corrected chi connectivity index (χ0v) is 17.6. The van der Waals surface area contributed by atoms with Crippen molar-refractivity contribution in [2.24, 2.45) is 5.92 Å². The maximum Gasteiger partial charge on any atom is 0.231 e. The summed E-state index contributed by atoms with van der Waals surface area (Å²) >= 11 is 0. The van der Waals surface area contributed by atoms with Crippen molar-refractivity contribution in [2.75, 3.05) is 13.9 Å². The first kappa shape index (κ1) is 21.1. The Kier molecular flexibility index (Phi) is 6.35. The van der Waals surface area contributed by atoms with Gasteiger partial charge in [0.2, 0.25) is 6.79 Å². The number of rotatable bonds is 8. The summed E-state index contributed by atoms with van der Waals surface area (Å²) in [5.74, 6) is 0.0420. The number of hydrogen-bond acceptors (Lipinski definition) is 6. The first-order chi connectivity index (χ1) is 15.1. The molecule has 2 aromatic carbocycles. The van der Waals surface area contributed by atoms with Crippen LogP contribution in [0.15, 0.2) is 42.5 Å². The molecule has 1 aliphatic carbocycles. The monoisotopic (exact) mass is 422 g/mol. The summed E-state index contributed by atoms with van der Waals surface area (Å²) in [5.41, 5.74) is 1.96. The second kappa shape index (κ2) is 9.33. The molecule has 0 saturated heterocycles. The summed E-state index contributed by atoms with van der Waals surface area (Å²) in [5, 5.41) is 0. The van der Waals surface area contributed by atoms with Crippen molar-refractivity contribution in [2.45, 2.75) is 44.4 Å². The summed E-state index contributed by atoms with van der Waals surface area (Å²) < 4.78 is 16.1. The Morgan fingerprint density at radius 1 is 1.00 bits per heavy atom. The van der Waals surface area contributed by atoms with Crippen molar-refractivity contribution in [3.63, 3.8) is 0 Å². The van der Waals surface area contributed by atoms with Crippen LogP contribution in [0, 0.1) is 5.92 Å². The van der Waals surface area contributed by atoms with Gasteiger partial charge in [-0.3, -0.25) is 14.4 Å². The molecule has 0 unspecified atom stereocenters. The molecule has 2 aliphatic rings. The number of aryl methyl sites for hydroxylation is 1. The fraction of sp³-hybridized carbons (Fsp3) is 0.400. The number of carbonyl (C=O) groups is 3.